The molecule has 0 aromatic carbocycles. The molecule has 2 N–H and O–H groups in total. The first-order chi connectivity index (χ1) is 8.63. The number of carboxylic acid groups (broad SMARTS) is 1. The Balaban J connectivity index is 1.93. The molecular formula is C11H18N2O3S2. The van der Waals surface area contributed by atoms with Gasteiger partial charge in [0.15, 0.2) is 0 Å². The Morgan fingerprint density at radius 1 is 1.44 bits per heavy atom. The van der Waals surface area contributed by atoms with Crippen LogP contribution in [-0.2, 0) is 4.79 Å². The second-order valence-corrected chi connectivity index (χ2v) is 6.66. The van der Waals surface area contributed by atoms with E-state index >= 15 is 0 Å². The lowest BCUT2D eigenvalue weighted by atomic mass is 10.2. The van der Waals surface area contributed by atoms with Crippen LogP contribution in [0.1, 0.15) is 19.3 Å². The van der Waals surface area contributed by atoms with Gasteiger partial charge >= 0.3 is 12.0 Å². The van der Waals surface area contributed by atoms with Crippen LogP contribution in [0, 0.1) is 0 Å². The van der Waals surface area contributed by atoms with Crippen molar-refractivity contribution in [2.24, 2.45) is 0 Å². The van der Waals surface area contributed by atoms with Gasteiger partial charge in [-0.25, -0.2) is 9.59 Å². The largest absolute Gasteiger partial charge is 0.480 e. The average molecular weight is 290 g/mol. The van der Waals surface area contributed by atoms with Crippen LogP contribution < -0.4 is 5.32 Å². The highest BCUT2D eigenvalue weighted by atomic mass is 32.2. The van der Waals surface area contributed by atoms with Gasteiger partial charge in [-0.15, -0.1) is 11.8 Å². The second-order valence-electron chi connectivity index (χ2n) is 4.58. The molecule has 18 heavy (non-hydrogen) atoms. The summed E-state index contributed by atoms with van der Waals surface area (Å²) in [5, 5.41) is 12.5. The number of amides is 2. The number of carbonyl (C=O) groups is 2. The number of hydrogen-bond acceptors (Lipinski definition) is 4. The minimum Gasteiger partial charge on any atom is -0.480 e. The van der Waals surface area contributed by atoms with Gasteiger partial charge in [0.1, 0.15) is 6.04 Å². The van der Waals surface area contributed by atoms with Gasteiger partial charge in [0.2, 0.25) is 0 Å². The van der Waals surface area contributed by atoms with Crippen LogP contribution >= 0.6 is 23.5 Å². The van der Waals surface area contributed by atoms with Crippen molar-refractivity contribution in [3.8, 4) is 0 Å². The highest BCUT2D eigenvalue weighted by Gasteiger charge is 2.36. The third-order valence-electron chi connectivity index (χ3n) is 3.49. The topological polar surface area (TPSA) is 69.6 Å². The lowest BCUT2D eigenvalue weighted by Crippen LogP contribution is -2.50. The Labute approximate surface area is 115 Å². The van der Waals surface area contributed by atoms with E-state index in [1.807, 2.05) is 0 Å². The Morgan fingerprint density at radius 3 is 2.89 bits per heavy atom. The van der Waals surface area contributed by atoms with Gasteiger partial charge in [0, 0.05) is 17.0 Å². The van der Waals surface area contributed by atoms with E-state index in [0.717, 1.165) is 19.3 Å². The zero-order valence-corrected chi connectivity index (χ0v) is 11.9. The highest BCUT2D eigenvalue weighted by Crippen LogP contribution is 2.29. The fourth-order valence-corrected chi connectivity index (χ4v) is 4.54. The maximum Gasteiger partial charge on any atom is 0.327 e. The third-order valence-corrected chi connectivity index (χ3v) is 5.67. The minimum atomic E-state index is -0.914. The first-order valence-electron chi connectivity index (χ1n) is 6.04. The lowest BCUT2D eigenvalue weighted by molar-refractivity contribution is -0.140. The van der Waals surface area contributed by atoms with Crippen LogP contribution in [0.5, 0.6) is 0 Å². The van der Waals surface area contributed by atoms with E-state index in [-0.39, 0.29) is 12.1 Å². The normalized spacial score (nSPS) is 31.6. The lowest BCUT2D eigenvalue weighted by Gasteiger charge is -2.25. The molecule has 2 rings (SSSR count). The first kappa shape index (κ1) is 13.9. The van der Waals surface area contributed by atoms with Crippen LogP contribution in [0.25, 0.3) is 0 Å². The summed E-state index contributed by atoms with van der Waals surface area (Å²) < 4.78 is 0. The van der Waals surface area contributed by atoms with E-state index < -0.39 is 12.0 Å². The fourth-order valence-electron chi connectivity index (χ4n) is 2.46. The maximum absolute atomic E-state index is 12.1. The number of urea groups is 1. The molecule has 5 nitrogen and oxygen atoms in total. The van der Waals surface area contributed by atoms with E-state index in [1.165, 1.54) is 16.7 Å². The van der Waals surface area contributed by atoms with Crippen molar-refractivity contribution in [2.75, 3.05) is 17.9 Å². The summed E-state index contributed by atoms with van der Waals surface area (Å²) in [6, 6.07) is -0.713. The highest BCUT2D eigenvalue weighted by molar-refractivity contribution is 7.99. The molecule has 2 fully saturated rings. The maximum atomic E-state index is 12.1. The van der Waals surface area contributed by atoms with Crippen LogP contribution in [-0.4, -0.2) is 57.2 Å². The van der Waals surface area contributed by atoms with Gasteiger partial charge in [-0.3, -0.25) is 0 Å². The standard InChI is InChI=1S/C11H18N2O3S2/c1-17-9-4-2-3-7(9)12-11(16)13-6-18-5-8(13)10(14)15/h7-9H,2-6H2,1H3,(H,12,16)(H,14,15). The molecule has 1 saturated carbocycles. The van der Waals surface area contributed by atoms with Crippen molar-refractivity contribution < 1.29 is 14.7 Å². The summed E-state index contributed by atoms with van der Waals surface area (Å²) in [7, 11) is 0. The van der Waals surface area contributed by atoms with Crippen LogP contribution in [0.4, 0.5) is 4.79 Å². The molecule has 0 aromatic rings. The zero-order chi connectivity index (χ0) is 13.1. The van der Waals surface area contributed by atoms with E-state index in [9.17, 15) is 9.59 Å². The van der Waals surface area contributed by atoms with Crippen molar-refractivity contribution in [3.05, 3.63) is 0 Å². The Hall–Kier alpha value is -0.560. The molecule has 0 radical (unpaired) electrons. The van der Waals surface area contributed by atoms with E-state index in [1.54, 1.807) is 11.8 Å². The van der Waals surface area contributed by atoms with Crippen molar-refractivity contribution >= 4 is 35.5 Å². The average Bonchev–Trinajstić information content (AvgIpc) is 2.96. The van der Waals surface area contributed by atoms with Gasteiger partial charge in [-0.05, 0) is 19.1 Å². The number of nitrogens with one attached hydrogen (secondary N) is 1. The summed E-state index contributed by atoms with van der Waals surface area (Å²) in [5.41, 5.74) is 0. The molecule has 1 heterocycles. The Kier molecular flexibility index (Phi) is 4.66. The summed E-state index contributed by atoms with van der Waals surface area (Å²) in [6.45, 7) is 0. The number of carbonyl (C=O) groups excluding carboxylic acids is 1. The van der Waals surface area contributed by atoms with E-state index in [2.05, 4.69) is 11.6 Å². The smallest absolute Gasteiger partial charge is 0.327 e. The SMILES string of the molecule is CSC1CCCC1NC(=O)N1CSCC1C(=O)O. The van der Waals surface area contributed by atoms with Gasteiger partial charge in [-0.1, -0.05) is 6.42 Å². The molecule has 7 heteroatoms. The van der Waals surface area contributed by atoms with Crippen molar-refractivity contribution in [2.45, 2.75) is 36.6 Å². The quantitative estimate of drug-likeness (QED) is 0.823. The third kappa shape index (κ3) is 2.88. The summed E-state index contributed by atoms with van der Waals surface area (Å²) in [4.78, 5) is 24.6. The first-order valence-corrected chi connectivity index (χ1v) is 8.48. The minimum absolute atomic E-state index is 0.188. The fraction of sp³-hybridized carbons (Fsp3) is 0.818. The Bertz CT molecular complexity index is 340. The molecule has 3 atom stereocenters. The molecule has 1 saturated heterocycles. The van der Waals surface area contributed by atoms with Crippen LogP contribution in [0.2, 0.25) is 0 Å². The van der Waals surface area contributed by atoms with Crippen LogP contribution in [0.3, 0.4) is 0 Å². The van der Waals surface area contributed by atoms with E-state index in [4.69, 9.17) is 5.11 Å². The zero-order valence-electron chi connectivity index (χ0n) is 10.3. The molecule has 0 bridgehead atoms. The number of hydrogen-bond donors (Lipinski definition) is 2. The monoisotopic (exact) mass is 290 g/mol. The summed E-state index contributed by atoms with van der Waals surface area (Å²) >= 11 is 3.27. The predicted octanol–water partition coefficient (Wildman–Crippen LogP) is 1.44. The number of carboxylic acids is 1. The predicted molar refractivity (Wildman–Crippen MR) is 74.1 cm³/mol. The van der Waals surface area contributed by atoms with Gasteiger partial charge < -0.3 is 15.3 Å². The van der Waals surface area contributed by atoms with Crippen molar-refractivity contribution in [1.82, 2.24) is 10.2 Å². The van der Waals surface area contributed by atoms with E-state index in [0.29, 0.717) is 16.9 Å². The number of rotatable bonds is 3. The molecule has 0 spiro atoms. The molecule has 1 aliphatic heterocycles. The van der Waals surface area contributed by atoms with Gasteiger partial charge in [0.05, 0.1) is 5.88 Å². The molecular weight excluding hydrogens is 272 g/mol. The van der Waals surface area contributed by atoms with Crippen LogP contribution in [0.15, 0.2) is 0 Å². The van der Waals surface area contributed by atoms with Crippen molar-refractivity contribution in [1.29, 1.82) is 0 Å². The summed E-state index contributed by atoms with van der Waals surface area (Å²) in [5.74, 6) is 0.0433. The number of nitrogens with zero attached hydrogens (tertiary/aromatic N) is 1. The van der Waals surface area contributed by atoms with Crippen molar-refractivity contribution in [3.63, 3.8) is 0 Å². The molecule has 2 aliphatic rings. The molecule has 3 unspecified atom stereocenters. The molecule has 0 aromatic heterocycles. The number of aliphatic carboxylic acids is 1. The number of thioether (sulfide) groups is 2. The second kappa shape index (κ2) is 6.06. The molecule has 102 valence electrons. The molecule has 2 amide bonds. The Morgan fingerprint density at radius 2 is 2.22 bits per heavy atom. The molecule has 1 aliphatic carbocycles. The summed E-state index contributed by atoms with van der Waals surface area (Å²) in [6.07, 6.45) is 5.31. The van der Waals surface area contributed by atoms with Gasteiger partial charge in [-0.2, -0.15) is 11.8 Å². The van der Waals surface area contributed by atoms with Gasteiger partial charge in [0.25, 0.3) is 0 Å².